The summed E-state index contributed by atoms with van der Waals surface area (Å²) in [6.07, 6.45) is 5.53. The van der Waals surface area contributed by atoms with E-state index in [-0.39, 0.29) is 19.6 Å². The van der Waals surface area contributed by atoms with Crippen molar-refractivity contribution in [2.45, 2.75) is 83.9 Å². The van der Waals surface area contributed by atoms with Crippen LogP contribution < -0.4 is 10.6 Å². The number of rotatable bonds is 12. The number of carbonyl (C=O) groups excluding carboxylic acids is 5. The number of benzene rings is 1. The molecule has 2 aliphatic rings. The summed E-state index contributed by atoms with van der Waals surface area (Å²) in [4.78, 5) is 65.3. The lowest BCUT2D eigenvalue weighted by molar-refractivity contribution is -0.146. The quantitative estimate of drug-likeness (QED) is 0.306. The summed E-state index contributed by atoms with van der Waals surface area (Å²) < 4.78 is 10.5. The first-order valence-electron chi connectivity index (χ1n) is 14.1. The van der Waals surface area contributed by atoms with Crippen molar-refractivity contribution in [3.63, 3.8) is 0 Å². The summed E-state index contributed by atoms with van der Waals surface area (Å²) in [7, 11) is 0. The van der Waals surface area contributed by atoms with Crippen LogP contribution in [-0.2, 0) is 35.3 Å². The molecule has 2 fully saturated rings. The van der Waals surface area contributed by atoms with E-state index < -0.39 is 48.3 Å². The number of nitrogens with zero attached hydrogens (tertiary/aromatic N) is 1. The smallest absolute Gasteiger partial charge is 0.410 e. The van der Waals surface area contributed by atoms with Crippen LogP contribution in [0.4, 0.5) is 4.79 Å². The molecule has 1 saturated heterocycles. The minimum Gasteiger partial charge on any atom is -0.464 e. The van der Waals surface area contributed by atoms with Crippen LogP contribution in [0.1, 0.15) is 70.8 Å². The van der Waals surface area contributed by atoms with Crippen molar-refractivity contribution >= 4 is 29.7 Å². The second kappa shape index (κ2) is 15.2. The van der Waals surface area contributed by atoms with Gasteiger partial charge in [-0.3, -0.25) is 24.1 Å². The highest BCUT2D eigenvalue weighted by Gasteiger charge is 2.43. The number of piperidine rings is 1. The third-order valence-corrected chi connectivity index (χ3v) is 7.44. The lowest BCUT2D eigenvalue weighted by Gasteiger charge is -2.45. The first-order chi connectivity index (χ1) is 18.8. The molecule has 4 atom stereocenters. The van der Waals surface area contributed by atoms with Crippen molar-refractivity contribution in [1.29, 1.82) is 0 Å². The van der Waals surface area contributed by atoms with Gasteiger partial charge in [-0.15, -0.1) is 0 Å². The lowest BCUT2D eigenvalue weighted by Crippen LogP contribution is -2.59. The molecule has 1 aliphatic carbocycles. The van der Waals surface area contributed by atoms with Crippen LogP contribution >= 0.6 is 0 Å². The number of likely N-dealkylation sites (tertiary alicyclic amines) is 1. The Morgan fingerprint density at radius 1 is 0.974 bits per heavy atom. The number of ether oxygens (including phenoxy) is 2. The Kier molecular flexibility index (Phi) is 11.8. The van der Waals surface area contributed by atoms with Gasteiger partial charge in [-0.25, -0.2) is 4.79 Å². The van der Waals surface area contributed by atoms with Crippen molar-refractivity contribution in [2.75, 3.05) is 19.7 Å². The maximum atomic E-state index is 13.5. The fourth-order valence-corrected chi connectivity index (χ4v) is 5.37. The highest BCUT2D eigenvalue weighted by Crippen LogP contribution is 2.39. The molecule has 2 N–H and O–H groups in total. The lowest BCUT2D eigenvalue weighted by atomic mass is 9.73. The molecule has 1 aliphatic heterocycles. The highest BCUT2D eigenvalue weighted by atomic mass is 16.6. The topological polar surface area (TPSA) is 131 Å². The number of Topliss-reactive ketones (excluding diaryl/α,β-unsaturated/α-hetero) is 1. The second-order valence-electron chi connectivity index (χ2n) is 10.4. The predicted molar refractivity (Wildman–Crippen MR) is 143 cm³/mol. The van der Waals surface area contributed by atoms with E-state index in [0.29, 0.717) is 37.6 Å². The number of fused-ring (bicyclic) bond motifs is 1. The molecule has 0 aromatic heterocycles. The number of esters is 1. The van der Waals surface area contributed by atoms with Crippen molar-refractivity contribution in [3.8, 4) is 0 Å². The van der Waals surface area contributed by atoms with Gasteiger partial charge in [-0.2, -0.15) is 0 Å². The van der Waals surface area contributed by atoms with Gasteiger partial charge in [0.05, 0.1) is 12.6 Å². The molecule has 214 valence electrons. The van der Waals surface area contributed by atoms with E-state index in [1.54, 1.807) is 0 Å². The Bertz CT molecular complexity index is 1000. The average molecular weight is 544 g/mol. The summed E-state index contributed by atoms with van der Waals surface area (Å²) in [6.45, 7) is 4.00. The largest absolute Gasteiger partial charge is 0.464 e. The third-order valence-electron chi connectivity index (χ3n) is 7.44. The fourth-order valence-electron chi connectivity index (χ4n) is 5.37. The van der Waals surface area contributed by atoms with Crippen molar-refractivity contribution in [3.05, 3.63) is 35.9 Å². The van der Waals surface area contributed by atoms with Gasteiger partial charge in [-0.05, 0) is 43.1 Å². The Balaban J connectivity index is 1.67. The molecule has 1 heterocycles. The molecular formula is C29H41N3O7. The van der Waals surface area contributed by atoms with Gasteiger partial charge in [0.2, 0.25) is 11.7 Å². The summed E-state index contributed by atoms with van der Waals surface area (Å²) in [5.41, 5.74) is 0.845. The van der Waals surface area contributed by atoms with Gasteiger partial charge in [0.1, 0.15) is 19.2 Å². The van der Waals surface area contributed by atoms with E-state index in [2.05, 4.69) is 10.6 Å². The molecule has 10 nitrogen and oxygen atoms in total. The first kappa shape index (κ1) is 30.1. The van der Waals surface area contributed by atoms with Gasteiger partial charge >= 0.3 is 12.1 Å². The maximum absolute atomic E-state index is 13.5. The van der Waals surface area contributed by atoms with E-state index in [9.17, 15) is 24.0 Å². The number of nitrogens with one attached hydrogen (secondary N) is 2. The number of carbonyl (C=O) groups is 5. The minimum atomic E-state index is -1.07. The molecule has 10 heteroatoms. The minimum absolute atomic E-state index is 0.0937. The summed E-state index contributed by atoms with van der Waals surface area (Å²) in [6, 6.07) is 7.46. The molecule has 0 radical (unpaired) electrons. The van der Waals surface area contributed by atoms with Crippen LogP contribution in [0.15, 0.2) is 30.3 Å². The van der Waals surface area contributed by atoms with Crippen molar-refractivity contribution < 1.29 is 33.4 Å². The maximum Gasteiger partial charge on any atom is 0.410 e. The summed E-state index contributed by atoms with van der Waals surface area (Å²) in [5.74, 6) is -2.29. The molecular weight excluding hydrogens is 502 g/mol. The normalized spacial score (nSPS) is 21.2. The van der Waals surface area contributed by atoms with Crippen LogP contribution in [0.3, 0.4) is 0 Å². The monoisotopic (exact) mass is 543 g/mol. The zero-order valence-corrected chi connectivity index (χ0v) is 23.0. The van der Waals surface area contributed by atoms with Crippen LogP contribution in [0.2, 0.25) is 0 Å². The zero-order valence-electron chi connectivity index (χ0n) is 23.0. The van der Waals surface area contributed by atoms with Crippen LogP contribution in [0.25, 0.3) is 0 Å². The van der Waals surface area contributed by atoms with E-state index in [1.165, 1.54) is 4.90 Å². The van der Waals surface area contributed by atoms with Crippen molar-refractivity contribution in [1.82, 2.24) is 15.5 Å². The molecule has 1 aromatic carbocycles. The average Bonchev–Trinajstić information content (AvgIpc) is 2.96. The highest BCUT2D eigenvalue weighted by molar-refractivity contribution is 6.38. The van der Waals surface area contributed by atoms with E-state index >= 15 is 0 Å². The standard InChI is InChI=1S/C29H41N3O7/c1-3-10-23(26(34)28(36)30-17-25(33)38-15-4-2)31-27(35)24-16-21-13-8-9-14-22(21)18-32(24)29(37)39-19-20-11-6-5-7-12-20/h5-7,11-12,21-24H,3-4,8-10,13-19H2,1-2H3,(H,30,36)(H,31,35)/t21-,22+,23?,24-/m0/s1. The first-order valence-corrected chi connectivity index (χ1v) is 14.1. The Hall–Kier alpha value is -3.43. The molecule has 3 amide bonds. The van der Waals surface area contributed by atoms with Crippen LogP contribution in [0.5, 0.6) is 0 Å². The fraction of sp³-hybridized carbons (Fsp3) is 0.621. The number of amides is 3. The Morgan fingerprint density at radius 3 is 2.38 bits per heavy atom. The van der Waals surface area contributed by atoms with Gasteiger partial charge in [0.15, 0.2) is 0 Å². The summed E-state index contributed by atoms with van der Waals surface area (Å²) >= 11 is 0. The molecule has 0 bridgehead atoms. The third kappa shape index (κ3) is 8.80. The van der Waals surface area contributed by atoms with Gasteiger partial charge in [0, 0.05) is 6.54 Å². The van der Waals surface area contributed by atoms with Crippen LogP contribution in [0, 0.1) is 11.8 Å². The van der Waals surface area contributed by atoms with E-state index in [1.807, 2.05) is 44.2 Å². The molecule has 39 heavy (non-hydrogen) atoms. The second-order valence-corrected chi connectivity index (χ2v) is 10.4. The predicted octanol–water partition coefficient (Wildman–Crippen LogP) is 3.13. The zero-order chi connectivity index (χ0) is 28.2. The SMILES string of the molecule is CCCOC(=O)CNC(=O)C(=O)C(CCC)NC(=O)[C@@H]1C[C@@H]2CCCC[C@@H]2CN1C(=O)OCc1ccccc1. The van der Waals surface area contributed by atoms with Crippen LogP contribution in [-0.4, -0.2) is 66.3 Å². The molecule has 1 unspecified atom stereocenters. The number of ketones is 1. The summed E-state index contributed by atoms with van der Waals surface area (Å²) in [5, 5.41) is 5.01. The molecule has 0 spiro atoms. The number of hydrogen-bond donors (Lipinski definition) is 2. The van der Waals surface area contributed by atoms with Gasteiger partial charge < -0.3 is 20.1 Å². The molecule has 1 aromatic rings. The molecule has 1 saturated carbocycles. The Labute approximate surface area is 230 Å². The van der Waals surface area contributed by atoms with Crippen molar-refractivity contribution in [2.24, 2.45) is 11.8 Å². The van der Waals surface area contributed by atoms with Gasteiger partial charge in [-0.1, -0.05) is 69.9 Å². The number of hydrogen-bond acceptors (Lipinski definition) is 7. The van der Waals surface area contributed by atoms with E-state index in [0.717, 1.165) is 31.2 Å². The van der Waals surface area contributed by atoms with E-state index in [4.69, 9.17) is 9.47 Å². The molecule has 3 rings (SSSR count). The Morgan fingerprint density at radius 2 is 1.69 bits per heavy atom. The van der Waals surface area contributed by atoms with Gasteiger partial charge in [0.25, 0.3) is 5.91 Å².